The van der Waals surface area contributed by atoms with Gasteiger partial charge < -0.3 is 14.2 Å². The average Bonchev–Trinajstić information content (AvgIpc) is 3.14. The molecule has 0 aromatic carbocycles. The van der Waals surface area contributed by atoms with Gasteiger partial charge in [-0.1, -0.05) is 12.1 Å². The van der Waals surface area contributed by atoms with Crippen LogP contribution in [0.15, 0.2) is 21.5 Å². The van der Waals surface area contributed by atoms with Crippen molar-refractivity contribution in [2.75, 3.05) is 6.61 Å². The van der Waals surface area contributed by atoms with Crippen LogP contribution in [0.4, 0.5) is 0 Å². The normalized spacial score (nSPS) is 24.8. The highest BCUT2D eigenvalue weighted by Crippen LogP contribution is 2.38. The predicted octanol–water partition coefficient (Wildman–Crippen LogP) is 2.27. The van der Waals surface area contributed by atoms with Gasteiger partial charge in [0.2, 0.25) is 11.7 Å². The fourth-order valence-electron chi connectivity index (χ4n) is 2.93. The number of rotatable bonds is 4. The summed E-state index contributed by atoms with van der Waals surface area (Å²) in [6.45, 7) is 2.95. The van der Waals surface area contributed by atoms with E-state index >= 15 is 0 Å². The van der Waals surface area contributed by atoms with Gasteiger partial charge in [-0.2, -0.15) is 4.98 Å². The maximum Gasteiger partial charge on any atom is 0.259 e. The number of ether oxygens (including phenoxy) is 1. The molecule has 1 saturated carbocycles. The zero-order valence-corrected chi connectivity index (χ0v) is 12.5. The van der Waals surface area contributed by atoms with Gasteiger partial charge >= 0.3 is 0 Å². The van der Waals surface area contributed by atoms with Crippen molar-refractivity contribution in [3.05, 3.63) is 34.1 Å². The van der Waals surface area contributed by atoms with Crippen molar-refractivity contribution in [1.29, 1.82) is 0 Å². The largest absolute Gasteiger partial charge is 0.377 e. The van der Waals surface area contributed by atoms with E-state index in [-0.39, 0.29) is 11.7 Å². The van der Waals surface area contributed by atoms with Gasteiger partial charge in [-0.3, -0.25) is 4.79 Å². The van der Waals surface area contributed by atoms with Crippen molar-refractivity contribution in [3.8, 4) is 11.4 Å². The molecular formula is C16H19N3O3. The Kier molecular flexibility index (Phi) is 3.33. The zero-order chi connectivity index (χ0) is 15.1. The maximum absolute atomic E-state index is 12.2. The molecule has 22 heavy (non-hydrogen) atoms. The first kappa shape index (κ1) is 13.7. The fourth-order valence-corrected chi connectivity index (χ4v) is 2.93. The summed E-state index contributed by atoms with van der Waals surface area (Å²) in [6, 6.07) is 3.74. The topological polar surface area (TPSA) is 81.0 Å². The quantitative estimate of drug-likeness (QED) is 0.937. The second-order valence-corrected chi connectivity index (χ2v) is 6.32. The van der Waals surface area contributed by atoms with Crippen molar-refractivity contribution in [3.63, 3.8) is 0 Å². The third-order valence-corrected chi connectivity index (χ3v) is 4.57. The Bertz CT molecular complexity index is 732. The van der Waals surface area contributed by atoms with E-state index in [4.69, 9.17) is 9.26 Å². The summed E-state index contributed by atoms with van der Waals surface area (Å²) in [5.74, 6) is 1.89. The lowest BCUT2D eigenvalue weighted by Gasteiger charge is -2.10. The summed E-state index contributed by atoms with van der Waals surface area (Å²) in [4.78, 5) is 19.5. The first-order valence-corrected chi connectivity index (χ1v) is 7.88. The van der Waals surface area contributed by atoms with Gasteiger partial charge in [-0.25, -0.2) is 0 Å². The number of pyridine rings is 1. The second kappa shape index (κ2) is 5.35. The Morgan fingerprint density at radius 1 is 1.32 bits per heavy atom. The van der Waals surface area contributed by atoms with Crippen LogP contribution in [0.25, 0.3) is 11.4 Å². The van der Waals surface area contributed by atoms with Crippen molar-refractivity contribution >= 4 is 0 Å². The standard InChI is InChI=1S/C16H19N3O3/c1-9-6-7-21-13(9)8-14-18-15(19-22-14)11-4-5-12(10-2-3-10)17-16(11)20/h4-5,9-10,13H,2-3,6-8H2,1H3,(H,17,20). The lowest BCUT2D eigenvalue weighted by Crippen LogP contribution is -2.16. The third kappa shape index (κ3) is 2.59. The SMILES string of the molecule is CC1CCOC1Cc1nc(-c2ccc(C3CC3)[nH]c2=O)no1. The van der Waals surface area contributed by atoms with Crippen LogP contribution in [-0.2, 0) is 11.2 Å². The molecule has 0 spiro atoms. The number of H-pyrrole nitrogens is 1. The Morgan fingerprint density at radius 3 is 2.86 bits per heavy atom. The maximum atomic E-state index is 12.2. The summed E-state index contributed by atoms with van der Waals surface area (Å²) in [7, 11) is 0. The molecule has 3 heterocycles. The van der Waals surface area contributed by atoms with E-state index in [1.54, 1.807) is 6.07 Å². The summed E-state index contributed by atoms with van der Waals surface area (Å²) >= 11 is 0. The van der Waals surface area contributed by atoms with E-state index in [0.717, 1.165) is 31.6 Å². The lowest BCUT2D eigenvalue weighted by molar-refractivity contribution is 0.0873. The molecule has 1 aliphatic heterocycles. The van der Waals surface area contributed by atoms with Crippen LogP contribution in [0, 0.1) is 5.92 Å². The van der Waals surface area contributed by atoms with E-state index in [2.05, 4.69) is 22.0 Å². The molecular weight excluding hydrogens is 282 g/mol. The van der Waals surface area contributed by atoms with Gasteiger partial charge in [0.1, 0.15) is 0 Å². The van der Waals surface area contributed by atoms with Crippen molar-refractivity contribution in [2.45, 2.75) is 44.6 Å². The van der Waals surface area contributed by atoms with Crippen LogP contribution >= 0.6 is 0 Å². The molecule has 2 atom stereocenters. The Labute approximate surface area is 127 Å². The van der Waals surface area contributed by atoms with Gasteiger partial charge in [-0.05, 0) is 43.2 Å². The van der Waals surface area contributed by atoms with Crippen molar-refractivity contribution in [1.82, 2.24) is 15.1 Å². The van der Waals surface area contributed by atoms with E-state index < -0.39 is 0 Å². The Hall–Kier alpha value is -1.95. The highest BCUT2D eigenvalue weighted by atomic mass is 16.5. The van der Waals surface area contributed by atoms with Crippen molar-refractivity contribution < 1.29 is 9.26 Å². The van der Waals surface area contributed by atoms with E-state index in [0.29, 0.717) is 35.5 Å². The summed E-state index contributed by atoms with van der Waals surface area (Å²) in [6.07, 6.45) is 4.10. The van der Waals surface area contributed by atoms with Crippen LogP contribution in [0.2, 0.25) is 0 Å². The highest BCUT2D eigenvalue weighted by molar-refractivity contribution is 5.52. The number of hydrogen-bond acceptors (Lipinski definition) is 5. The minimum absolute atomic E-state index is 0.129. The monoisotopic (exact) mass is 301 g/mol. The first-order valence-electron chi connectivity index (χ1n) is 7.88. The summed E-state index contributed by atoms with van der Waals surface area (Å²) in [5, 5.41) is 3.94. The summed E-state index contributed by atoms with van der Waals surface area (Å²) in [5.41, 5.74) is 1.31. The lowest BCUT2D eigenvalue weighted by atomic mass is 10.0. The minimum Gasteiger partial charge on any atom is -0.377 e. The first-order chi connectivity index (χ1) is 10.7. The molecule has 2 aliphatic rings. The molecule has 0 radical (unpaired) electrons. The van der Waals surface area contributed by atoms with Gasteiger partial charge in [0, 0.05) is 12.3 Å². The highest BCUT2D eigenvalue weighted by Gasteiger charge is 2.27. The van der Waals surface area contributed by atoms with E-state index in [1.165, 1.54) is 0 Å². The summed E-state index contributed by atoms with van der Waals surface area (Å²) < 4.78 is 10.9. The molecule has 2 aromatic rings. The molecule has 2 aromatic heterocycles. The molecule has 116 valence electrons. The third-order valence-electron chi connectivity index (χ3n) is 4.57. The van der Waals surface area contributed by atoms with Gasteiger partial charge in [-0.15, -0.1) is 0 Å². The molecule has 1 N–H and O–H groups in total. The second-order valence-electron chi connectivity index (χ2n) is 6.32. The molecule has 2 unspecified atom stereocenters. The Balaban J connectivity index is 1.54. The van der Waals surface area contributed by atoms with Crippen molar-refractivity contribution in [2.24, 2.45) is 5.92 Å². The minimum atomic E-state index is -0.151. The van der Waals surface area contributed by atoms with Crippen LogP contribution in [-0.4, -0.2) is 27.8 Å². The molecule has 1 saturated heterocycles. The predicted molar refractivity (Wildman–Crippen MR) is 79.6 cm³/mol. The number of nitrogens with one attached hydrogen (secondary N) is 1. The molecule has 4 rings (SSSR count). The fraction of sp³-hybridized carbons (Fsp3) is 0.562. The molecule has 6 nitrogen and oxygen atoms in total. The molecule has 0 bridgehead atoms. The number of aromatic amines is 1. The van der Waals surface area contributed by atoms with Gasteiger partial charge in [0.05, 0.1) is 18.1 Å². The molecule has 0 amide bonds. The van der Waals surface area contributed by atoms with E-state index in [1.807, 2.05) is 6.07 Å². The van der Waals surface area contributed by atoms with Crippen LogP contribution in [0.3, 0.4) is 0 Å². The number of nitrogens with zero attached hydrogens (tertiary/aromatic N) is 2. The van der Waals surface area contributed by atoms with Gasteiger partial charge in [0.15, 0.2) is 0 Å². The molecule has 2 fully saturated rings. The van der Waals surface area contributed by atoms with Crippen LogP contribution in [0.1, 0.15) is 43.7 Å². The molecule has 1 aliphatic carbocycles. The number of hydrogen-bond donors (Lipinski definition) is 1. The van der Waals surface area contributed by atoms with Crippen LogP contribution < -0.4 is 5.56 Å². The average molecular weight is 301 g/mol. The zero-order valence-electron chi connectivity index (χ0n) is 12.5. The number of aromatic nitrogens is 3. The van der Waals surface area contributed by atoms with Crippen LogP contribution in [0.5, 0.6) is 0 Å². The Morgan fingerprint density at radius 2 is 2.18 bits per heavy atom. The smallest absolute Gasteiger partial charge is 0.259 e. The van der Waals surface area contributed by atoms with Gasteiger partial charge in [0.25, 0.3) is 5.56 Å². The van der Waals surface area contributed by atoms with E-state index in [9.17, 15) is 4.79 Å². The molecule has 6 heteroatoms.